The molecule has 4 rings (SSSR count). The Balaban J connectivity index is 0.00000240. The van der Waals surface area contributed by atoms with Crippen LogP contribution in [-0.2, 0) is 4.79 Å². The van der Waals surface area contributed by atoms with Gasteiger partial charge in [-0.2, -0.15) is 0 Å². The smallest absolute Gasteiger partial charge is 0.251 e. The molecule has 2 N–H and O–H groups in total. The first-order valence-corrected chi connectivity index (χ1v) is 10.1. The number of benzene rings is 2. The normalized spacial score (nSPS) is 21.6. The largest absolute Gasteiger partial charge is 0.345 e. The molecule has 2 aliphatic heterocycles. The van der Waals surface area contributed by atoms with E-state index in [1.165, 1.54) is 0 Å². The number of rotatable bonds is 5. The molecular weight excluding hydrogens is 386 g/mol. The third-order valence-electron chi connectivity index (χ3n) is 5.86. The number of halogens is 1. The van der Waals surface area contributed by atoms with Gasteiger partial charge in [-0.25, -0.2) is 0 Å². The maximum Gasteiger partial charge on any atom is 0.251 e. The lowest BCUT2D eigenvalue weighted by atomic mass is 10.0. The molecule has 3 unspecified atom stereocenters. The van der Waals surface area contributed by atoms with E-state index in [1.807, 2.05) is 48.5 Å². The van der Waals surface area contributed by atoms with Crippen LogP contribution in [0.3, 0.4) is 0 Å². The Morgan fingerprint density at radius 1 is 0.966 bits per heavy atom. The molecule has 2 heterocycles. The van der Waals surface area contributed by atoms with E-state index in [0.717, 1.165) is 37.9 Å². The van der Waals surface area contributed by atoms with E-state index in [9.17, 15) is 9.59 Å². The van der Waals surface area contributed by atoms with E-state index >= 15 is 0 Å². The fourth-order valence-electron chi connectivity index (χ4n) is 4.44. The maximum absolute atomic E-state index is 13.3. The molecule has 2 fully saturated rings. The number of carbonyl (C=O) groups excluding carboxylic acids is 2. The zero-order chi connectivity index (χ0) is 19.3. The summed E-state index contributed by atoms with van der Waals surface area (Å²) in [5, 5.41) is 6.52. The zero-order valence-electron chi connectivity index (χ0n) is 16.4. The van der Waals surface area contributed by atoms with E-state index in [2.05, 4.69) is 15.5 Å². The van der Waals surface area contributed by atoms with Crippen molar-refractivity contribution in [1.82, 2.24) is 15.5 Å². The first-order chi connectivity index (χ1) is 13.7. The lowest BCUT2D eigenvalue weighted by Gasteiger charge is -2.30. The van der Waals surface area contributed by atoms with Crippen molar-refractivity contribution < 1.29 is 9.59 Å². The predicted molar refractivity (Wildman–Crippen MR) is 116 cm³/mol. The minimum absolute atomic E-state index is 0. The lowest BCUT2D eigenvalue weighted by Crippen LogP contribution is -2.44. The summed E-state index contributed by atoms with van der Waals surface area (Å²) in [7, 11) is 0. The average molecular weight is 414 g/mol. The van der Waals surface area contributed by atoms with Gasteiger partial charge in [-0.3, -0.25) is 9.59 Å². The van der Waals surface area contributed by atoms with Crippen LogP contribution in [0.15, 0.2) is 60.7 Å². The van der Waals surface area contributed by atoms with Crippen LogP contribution < -0.4 is 10.6 Å². The highest BCUT2D eigenvalue weighted by Crippen LogP contribution is 2.30. The Kier molecular flexibility index (Phi) is 7.29. The summed E-state index contributed by atoms with van der Waals surface area (Å²) in [6.45, 7) is 1.84. The van der Waals surface area contributed by atoms with Crippen LogP contribution in [0.4, 0.5) is 0 Å². The van der Waals surface area contributed by atoms with Crippen LogP contribution in [0, 0.1) is 0 Å². The number of amides is 2. The van der Waals surface area contributed by atoms with Crippen molar-refractivity contribution in [3.05, 3.63) is 71.8 Å². The molecular formula is C23H28ClN3O2. The zero-order valence-corrected chi connectivity index (χ0v) is 17.2. The number of hydrogen-bond acceptors (Lipinski definition) is 3. The van der Waals surface area contributed by atoms with Gasteiger partial charge < -0.3 is 15.5 Å². The van der Waals surface area contributed by atoms with Gasteiger partial charge in [0.1, 0.15) is 0 Å². The second-order valence-corrected chi connectivity index (χ2v) is 7.69. The van der Waals surface area contributed by atoms with Gasteiger partial charge in [-0.05, 0) is 43.5 Å². The summed E-state index contributed by atoms with van der Waals surface area (Å²) in [6.07, 6.45) is 3.45. The van der Waals surface area contributed by atoms with Crippen LogP contribution in [-0.4, -0.2) is 41.9 Å². The van der Waals surface area contributed by atoms with E-state index in [0.29, 0.717) is 11.6 Å². The molecule has 0 saturated carbocycles. The first kappa shape index (κ1) is 21.3. The van der Waals surface area contributed by atoms with Gasteiger partial charge >= 0.3 is 0 Å². The van der Waals surface area contributed by atoms with Crippen LogP contribution in [0.2, 0.25) is 0 Å². The van der Waals surface area contributed by atoms with E-state index in [1.54, 1.807) is 12.1 Å². The molecule has 2 aliphatic rings. The van der Waals surface area contributed by atoms with Crippen molar-refractivity contribution in [2.45, 2.75) is 43.8 Å². The van der Waals surface area contributed by atoms with Crippen molar-refractivity contribution in [2.24, 2.45) is 0 Å². The fourth-order valence-corrected chi connectivity index (χ4v) is 4.44. The minimum Gasteiger partial charge on any atom is -0.345 e. The molecule has 5 nitrogen and oxygen atoms in total. The van der Waals surface area contributed by atoms with E-state index in [-0.39, 0.29) is 42.7 Å². The Labute approximate surface area is 178 Å². The summed E-state index contributed by atoms with van der Waals surface area (Å²) < 4.78 is 0. The van der Waals surface area contributed by atoms with Crippen LogP contribution >= 0.6 is 12.4 Å². The van der Waals surface area contributed by atoms with E-state index in [4.69, 9.17) is 0 Å². The molecule has 6 heteroatoms. The fraction of sp³-hybridized carbons (Fsp3) is 0.391. The van der Waals surface area contributed by atoms with Crippen molar-refractivity contribution in [3.63, 3.8) is 0 Å². The van der Waals surface area contributed by atoms with Gasteiger partial charge in [-0.15, -0.1) is 12.4 Å². The summed E-state index contributed by atoms with van der Waals surface area (Å²) in [5.41, 5.74) is 1.57. The Morgan fingerprint density at radius 3 is 2.34 bits per heavy atom. The average Bonchev–Trinajstić information content (AvgIpc) is 3.01. The number of fused-ring (bicyclic) bond motifs is 2. The molecule has 0 spiro atoms. The standard InChI is InChI=1S/C23H27N3O2.ClH/c27-22(26-19-11-12-20(26)16-24-14-13-19)15-21(17-7-3-1-4-8-17)25-23(28)18-9-5-2-6-10-18;/h1-10,19-21,24H,11-16H2,(H,25,28);1H. The molecule has 0 aromatic heterocycles. The summed E-state index contributed by atoms with van der Waals surface area (Å²) in [5.74, 6) is -0.0128. The molecule has 2 aromatic carbocycles. The van der Waals surface area contributed by atoms with E-state index < -0.39 is 0 Å². The van der Waals surface area contributed by atoms with Crippen LogP contribution in [0.5, 0.6) is 0 Å². The molecule has 3 atom stereocenters. The molecule has 29 heavy (non-hydrogen) atoms. The lowest BCUT2D eigenvalue weighted by molar-refractivity contribution is -0.134. The van der Waals surface area contributed by atoms with Gasteiger partial charge in [0.05, 0.1) is 12.5 Å². The highest BCUT2D eigenvalue weighted by molar-refractivity contribution is 5.94. The maximum atomic E-state index is 13.3. The molecule has 2 saturated heterocycles. The van der Waals surface area contributed by atoms with Gasteiger partial charge in [0, 0.05) is 24.2 Å². The highest BCUT2D eigenvalue weighted by Gasteiger charge is 2.38. The van der Waals surface area contributed by atoms with Crippen LogP contribution in [0.1, 0.15) is 47.6 Å². The first-order valence-electron chi connectivity index (χ1n) is 10.1. The second-order valence-electron chi connectivity index (χ2n) is 7.69. The molecule has 2 amide bonds. The molecule has 154 valence electrons. The third kappa shape index (κ3) is 4.98. The Bertz CT molecular complexity index is 801. The van der Waals surface area contributed by atoms with Crippen molar-refractivity contribution in [2.75, 3.05) is 13.1 Å². The Morgan fingerprint density at radius 2 is 1.62 bits per heavy atom. The summed E-state index contributed by atoms with van der Waals surface area (Å²) >= 11 is 0. The van der Waals surface area contributed by atoms with Gasteiger partial charge in [0.2, 0.25) is 5.91 Å². The van der Waals surface area contributed by atoms with Crippen molar-refractivity contribution in [1.29, 1.82) is 0 Å². The van der Waals surface area contributed by atoms with Crippen molar-refractivity contribution in [3.8, 4) is 0 Å². The quantitative estimate of drug-likeness (QED) is 0.790. The van der Waals surface area contributed by atoms with Gasteiger partial charge in [0.15, 0.2) is 0 Å². The monoisotopic (exact) mass is 413 g/mol. The molecule has 2 bridgehead atoms. The van der Waals surface area contributed by atoms with Crippen molar-refractivity contribution >= 4 is 24.2 Å². The molecule has 0 aliphatic carbocycles. The topological polar surface area (TPSA) is 61.4 Å². The summed E-state index contributed by atoms with van der Waals surface area (Å²) in [6, 6.07) is 19.2. The molecule has 2 aromatic rings. The third-order valence-corrected chi connectivity index (χ3v) is 5.86. The number of hydrogen-bond donors (Lipinski definition) is 2. The highest BCUT2D eigenvalue weighted by atomic mass is 35.5. The number of carbonyl (C=O) groups is 2. The second kappa shape index (κ2) is 9.90. The van der Waals surface area contributed by atoms with Gasteiger partial charge in [0.25, 0.3) is 5.91 Å². The Hall–Kier alpha value is -2.37. The molecule has 0 radical (unpaired) electrons. The summed E-state index contributed by atoms with van der Waals surface area (Å²) in [4.78, 5) is 28.1. The number of nitrogens with one attached hydrogen (secondary N) is 2. The predicted octanol–water partition coefficient (Wildman–Crippen LogP) is 3.32. The van der Waals surface area contributed by atoms with Crippen LogP contribution in [0.25, 0.3) is 0 Å². The minimum atomic E-state index is -0.336. The van der Waals surface area contributed by atoms with Gasteiger partial charge in [-0.1, -0.05) is 48.5 Å². The SMILES string of the molecule is Cl.O=C(NC(CC(=O)N1C2CCNCC1CC2)c1ccccc1)c1ccccc1. The number of nitrogens with zero attached hydrogens (tertiary/aromatic N) is 1.